The molecule has 1 aromatic rings. The van der Waals surface area contributed by atoms with E-state index in [0.717, 1.165) is 13.1 Å². The number of aromatic nitrogens is 1. The summed E-state index contributed by atoms with van der Waals surface area (Å²) in [4.78, 5) is 6.49. The van der Waals surface area contributed by atoms with E-state index in [0.29, 0.717) is 12.0 Å². The highest BCUT2D eigenvalue weighted by Gasteiger charge is 2.24. The van der Waals surface area contributed by atoms with Crippen molar-refractivity contribution in [2.24, 2.45) is 11.7 Å². The predicted octanol–water partition coefficient (Wildman–Crippen LogP) is 1.64. The van der Waals surface area contributed by atoms with Gasteiger partial charge in [-0.2, -0.15) is 0 Å². The molecule has 88 valence electrons. The maximum Gasteiger partial charge on any atom is 0.0312 e. The third-order valence-corrected chi connectivity index (χ3v) is 3.44. The molecule has 1 saturated carbocycles. The van der Waals surface area contributed by atoms with Gasteiger partial charge in [-0.15, -0.1) is 0 Å². The molecule has 0 bridgehead atoms. The first-order valence-electron chi connectivity index (χ1n) is 6.09. The predicted molar refractivity (Wildman–Crippen MR) is 65.9 cm³/mol. The van der Waals surface area contributed by atoms with Crippen LogP contribution in [0.15, 0.2) is 24.5 Å². The van der Waals surface area contributed by atoms with Gasteiger partial charge in [0, 0.05) is 31.5 Å². The minimum atomic E-state index is 0.413. The minimum absolute atomic E-state index is 0.413. The van der Waals surface area contributed by atoms with Gasteiger partial charge in [-0.3, -0.25) is 4.98 Å². The number of nitrogens with zero attached hydrogens (tertiary/aromatic N) is 2. The van der Waals surface area contributed by atoms with Crippen LogP contribution in [0.3, 0.4) is 0 Å². The lowest BCUT2D eigenvalue weighted by atomic mass is 10.0. The molecule has 16 heavy (non-hydrogen) atoms. The van der Waals surface area contributed by atoms with Gasteiger partial charge < -0.3 is 10.6 Å². The van der Waals surface area contributed by atoms with E-state index in [9.17, 15) is 0 Å². The first-order valence-corrected chi connectivity index (χ1v) is 6.09. The smallest absolute Gasteiger partial charge is 0.0312 e. The summed E-state index contributed by atoms with van der Waals surface area (Å²) in [5.41, 5.74) is 7.36. The minimum Gasteiger partial charge on any atom is -0.327 e. The summed E-state index contributed by atoms with van der Waals surface area (Å²) in [7, 11) is 2.16. The van der Waals surface area contributed by atoms with Crippen molar-refractivity contribution in [2.45, 2.75) is 31.8 Å². The Bertz CT molecular complexity index is 312. The molecule has 2 atom stereocenters. The quantitative estimate of drug-likeness (QED) is 0.837. The molecule has 0 aliphatic heterocycles. The molecule has 0 spiro atoms. The fourth-order valence-electron chi connectivity index (χ4n) is 2.56. The van der Waals surface area contributed by atoms with Crippen LogP contribution in [-0.4, -0.2) is 29.5 Å². The molecule has 2 unspecified atom stereocenters. The third kappa shape index (κ3) is 3.03. The van der Waals surface area contributed by atoms with Gasteiger partial charge in [0.25, 0.3) is 0 Å². The number of rotatable bonds is 4. The Labute approximate surface area is 97.7 Å². The lowest BCUT2D eigenvalue weighted by Gasteiger charge is -2.23. The Kier molecular flexibility index (Phi) is 3.91. The van der Waals surface area contributed by atoms with Crippen molar-refractivity contribution in [1.29, 1.82) is 0 Å². The van der Waals surface area contributed by atoms with Crippen LogP contribution in [0, 0.1) is 5.92 Å². The zero-order chi connectivity index (χ0) is 11.4. The van der Waals surface area contributed by atoms with Crippen molar-refractivity contribution in [3.8, 4) is 0 Å². The molecule has 1 aliphatic rings. The Morgan fingerprint density at radius 1 is 1.50 bits per heavy atom. The first kappa shape index (κ1) is 11.6. The second-order valence-electron chi connectivity index (χ2n) is 4.91. The zero-order valence-electron chi connectivity index (χ0n) is 9.97. The lowest BCUT2D eigenvalue weighted by molar-refractivity contribution is 0.259. The lowest BCUT2D eigenvalue weighted by Crippen LogP contribution is -2.34. The summed E-state index contributed by atoms with van der Waals surface area (Å²) in [6.45, 7) is 2.08. The summed E-state index contributed by atoms with van der Waals surface area (Å²) in [5.74, 6) is 0.682. The van der Waals surface area contributed by atoms with Crippen LogP contribution in [0.5, 0.6) is 0 Å². The summed E-state index contributed by atoms with van der Waals surface area (Å²) in [6, 6.07) is 4.53. The van der Waals surface area contributed by atoms with Crippen molar-refractivity contribution in [3.63, 3.8) is 0 Å². The Balaban J connectivity index is 1.82. The van der Waals surface area contributed by atoms with Crippen molar-refractivity contribution in [1.82, 2.24) is 9.88 Å². The molecular formula is C13H21N3. The van der Waals surface area contributed by atoms with Gasteiger partial charge in [-0.1, -0.05) is 12.5 Å². The van der Waals surface area contributed by atoms with Gasteiger partial charge in [-0.25, -0.2) is 0 Å². The first-order chi connectivity index (χ1) is 7.75. The van der Waals surface area contributed by atoms with Crippen LogP contribution in [-0.2, 0) is 6.54 Å². The van der Waals surface area contributed by atoms with Crippen LogP contribution in [0.4, 0.5) is 0 Å². The van der Waals surface area contributed by atoms with E-state index in [4.69, 9.17) is 5.73 Å². The Morgan fingerprint density at radius 3 is 3.00 bits per heavy atom. The normalized spacial score (nSPS) is 25.2. The van der Waals surface area contributed by atoms with Crippen molar-refractivity contribution in [2.75, 3.05) is 13.6 Å². The van der Waals surface area contributed by atoms with Crippen LogP contribution in [0.2, 0.25) is 0 Å². The van der Waals surface area contributed by atoms with Gasteiger partial charge in [0.1, 0.15) is 0 Å². The Morgan fingerprint density at radius 2 is 2.38 bits per heavy atom. The second kappa shape index (κ2) is 5.41. The average molecular weight is 219 g/mol. The molecule has 1 aliphatic carbocycles. The zero-order valence-corrected chi connectivity index (χ0v) is 9.97. The van der Waals surface area contributed by atoms with Crippen molar-refractivity contribution >= 4 is 0 Å². The van der Waals surface area contributed by atoms with Crippen LogP contribution in [0.25, 0.3) is 0 Å². The fraction of sp³-hybridized carbons (Fsp3) is 0.615. The summed E-state index contributed by atoms with van der Waals surface area (Å²) >= 11 is 0. The summed E-state index contributed by atoms with van der Waals surface area (Å²) in [5, 5.41) is 0. The molecule has 2 N–H and O–H groups in total. The molecule has 0 radical (unpaired) electrons. The van der Waals surface area contributed by atoms with E-state index >= 15 is 0 Å². The highest BCUT2D eigenvalue weighted by molar-refractivity contribution is 5.08. The van der Waals surface area contributed by atoms with Gasteiger partial charge in [-0.05, 0) is 37.4 Å². The highest BCUT2D eigenvalue weighted by atomic mass is 15.1. The molecule has 1 aromatic heterocycles. The third-order valence-electron chi connectivity index (χ3n) is 3.44. The maximum atomic E-state index is 6.08. The number of nitrogens with two attached hydrogens (primary N) is 1. The van der Waals surface area contributed by atoms with E-state index in [2.05, 4.69) is 23.0 Å². The topological polar surface area (TPSA) is 42.2 Å². The molecule has 3 heteroatoms. The van der Waals surface area contributed by atoms with E-state index < -0.39 is 0 Å². The van der Waals surface area contributed by atoms with Crippen LogP contribution in [0.1, 0.15) is 24.8 Å². The summed E-state index contributed by atoms with van der Waals surface area (Å²) in [6.07, 6.45) is 7.54. The molecular weight excluding hydrogens is 198 g/mol. The molecule has 0 saturated heterocycles. The van der Waals surface area contributed by atoms with Crippen molar-refractivity contribution < 1.29 is 0 Å². The summed E-state index contributed by atoms with van der Waals surface area (Å²) < 4.78 is 0. The van der Waals surface area contributed by atoms with Crippen molar-refractivity contribution in [3.05, 3.63) is 30.1 Å². The molecule has 3 nitrogen and oxygen atoms in total. The van der Waals surface area contributed by atoms with Crippen LogP contribution < -0.4 is 5.73 Å². The average Bonchev–Trinajstić information content (AvgIpc) is 2.66. The van der Waals surface area contributed by atoms with E-state index in [1.54, 1.807) is 0 Å². The van der Waals surface area contributed by atoms with Gasteiger partial charge in [0.15, 0.2) is 0 Å². The molecule has 1 fully saturated rings. The number of hydrogen-bond donors (Lipinski definition) is 1. The number of hydrogen-bond acceptors (Lipinski definition) is 3. The number of pyridine rings is 1. The molecule has 0 aromatic carbocycles. The molecule has 0 amide bonds. The standard InChI is InChI=1S/C13H21N3/c1-16(9-11-4-3-7-15-8-11)10-12-5-2-6-13(12)14/h3-4,7-8,12-13H,2,5-6,9-10,14H2,1H3. The largest absolute Gasteiger partial charge is 0.327 e. The second-order valence-corrected chi connectivity index (χ2v) is 4.91. The van der Waals surface area contributed by atoms with Gasteiger partial charge in [0.05, 0.1) is 0 Å². The molecule has 1 heterocycles. The van der Waals surface area contributed by atoms with Crippen LogP contribution >= 0.6 is 0 Å². The van der Waals surface area contributed by atoms with Gasteiger partial charge >= 0.3 is 0 Å². The highest BCUT2D eigenvalue weighted by Crippen LogP contribution is 2.24. The SMILES string of the molecule is CN(Cc1cccnc1)CC1CCCC1N. The Hall–Kier alpha value is -0.930. The van der Waals surface area contributed by atoms with Gasteiger partial charge in [0.2, 0.25) is 0 Å². The van der Waals surface area contributed by atoms with E-state index in [1.165, 1.54) is 24.8 Å². The monoisotopic (exact) mass is 219 g/mol. The van der Waals surface area contributed by atoms with E-state index in [-0.39, 0.29) is 0 Å². The molecule has 2 rings (SSSR count). The fourth-order valence-corrected chi connectivity index (χ4v) is 2.56. The maximum absolute atomic E-state index is 6.08. The van der Waals surface area contributed by atoms with E-state index in [1.807, 2.05) is 18.5 Å².